The van der Waals surface area contributed by atoms with Crippen LogP contribution in [0.2, 0.25) is 0 Å². The highest BCUT2D eigenvalue weighted by atomic mass is 16.2. The van der Waals surface area contributed by atoms with E-state index in [2.05, 4.69) is 29.2 Å². The number of carbonyl (C=O) groups is 1. The van der Waals surface area contributed by atoms with Crippen molar-refractivity contribution in [3.05, 3.63) is 23.9 Å². The molecule has 1 aliphatic rings. The van der Waals surface area contributed by atoms with Crippen molar-refractivity contribution in [3.63, 3.8) is 0 Å². The molecule has 0 spiro atoms. The van der Waals surface area contributed by atoms with E-state index in [1.165, 1.54) is 12.8 Å². The van der Waals surface area contributed by atoms with Crippen LogP contribution < -0.4 is 5.32 Å². The molecule has 0 bridgehead atoms. The van der Waals surface area contributed by atoms with Gasteiger partial charge in [0.2, 0.25) is 0 Å². The Morgan fingerprint density at radius 2 is 2.38 bits per heavy atom. The number of nitrogens with zero attached hydrogens (tertiary/aromatic N) is 3. The topological polar surface area (TPSA) is 48.5 Å². The predicted molar refractivity (Wildman–Crippen MR) is 85.6 cm³/mol. The molecule has 116 valence electrons. The zero-order valence-electron chi connectivity index (χ0n) is 13.3. The molecule has 1 amide bonds. The van der Waals surface area contributed by atoms with Gasteiger partial charge in [-0.15, -0.1) is 0 Å². The van der Waals surface area contributed by atoms with Crippen molar-refractivity contribution >= 4 is 11.7 Å². The maximum Gasteiger partial charge on any atom is 0.257 e. The zero-order chi connectivity index (χ0) is 15.2. The van der Waals surface area contributed by atoms with E-state index >= 15 is 0 Å². The summed E-state index contributed by atoms with van der Waals surface area (Å²) in [6, 6.07) is 4.14. The van der Waals surface area contributed by atoms with Gasteiger partial charge in [-0.05, 0) is 45.0 Å². The van der Waals surface area contributed by atoms with E-state index in [4.69, 9.17) is 0 Å². The minimum absolute atomic E-state index is 0.0435. The van der Waals surface area contributed by atoms with Gasteiger partial charge in [0, 0.05) is 32.4 Å². The lowest BCUT2D eigenvalue weighted by molar-refractivity contribution is 0.0762. The number of nitrogens with one attached hydrogen (secondary N) is 1. The molecule has 2 heterocycles. The van der Waals surface area contributed by atoms with Crippen LogP contribution in [0.15, 0.2) is 18.3 Å². The van der Waals surface area contributed by atoms with E-state index in [1.807, 2.05) is 24.1 Å². The fourth-order valence-corrected chi connectivity index (χ4v) is 2.78. The van der Waals surface area contributed by atoms with Crippen LogP contribution in [0.1, 0.15) is 36.5 Å². The fourth-order valence-electron chi connectivity index (χ4n) is 2.78. The van der Waals surface area contributed by atoms with Crippen molar-refractivity contribution in [1.29, 1.82) is 0 Å². The Bertz CT molecular complexity index is 477. The molecule has 5 nitrogen and oxygen atoms in total. The molecule has 5 heteroatoms. The molecule has 1 fully saturated rings. The van der Waals surface area contributed by atoms with Gasteiger partial charge in [0.1, 0.15) is 5.82 Å². The molecule has 1 N–H and O–H groups in total. The number of hydrogen-bond acceptors (Lipinski definition) is 4. The van der Waals surface area contributed by atoms with Gasteiger partial charge in [-0.2, -0.15) is 0 Å². The number of amides is 1. The van der Waals surface area contributed by atoms with Gasteiger partial charge in [-0.1, -0.05) is 6.92 Å². The van der Waals surface area contributed by atoms with E-state index < -0.39 is 0 Å². The molecule has 21 heavy (non-hydrogen) atoms. The molecule has 0 aliphatic carbocycles. The van der Waals surface area contributed by atoms with Crippen LogP contribution in [0, 0.1) is 0 Å². The van der Waals surface area contributed by atoms with Gasteiger partial charge >= 0.3 is 0 Å². The number of anilines is 1. The largest absolute Gasteiger partial charge is 0.369 e. The summed E-state index contributed by atoms with van der Waals surface area (Å²) in [6.45, 7) is 4.83. The summed E-state index contributed by atoms with van der Waals surface area (Å²) in [5.41, 5.74) is 0.661. The highest BCUT2D eigenvalue weighted by Crippen LogP contribution is 2.18. The molecule has 1 aromatic heterocycles. The lowest BCUT2D eigenvalue weighted by Gasteiger charge is -2.26. The van der Waals surface area contributed by atoms with Gasteiger partial charge in [-0.25, -0.2) is 4.98 Å². The van der Waals surface area contributed by atoms with Crippen molar-refractivity contribution in [2.24, 2.45) is 0 Å². The number of carbonyl (C=O) groups excluding carboxylic acids is 1. The van der Waals surface area contributed by atoms with Crippen LogP contribution in [0.3, 0.4) is 0 Å². The number of likely N-dealkylation sites (tertiary alicyclic amines) is 1. The average Bonchev–Trinajstić information content (AvgIpc) is 2.90. The first-order valence-electron chi connectivity index (χ1n) is 7.78. The number of aromatic nitrogens is 1. The molecule has 2 rings (SSSR count). The van der Waals surface area contributed by atoms with Crippen molar-refractivity contribution < 1.29 is 4.79 Å². The Morgan fingerprint density at radius 1 is 1.57 bits per heavy atom. The van der Waals surface area contributed by atoms with E-state index in [0.717, 1.165) is 26.1 Å². The summed E-state index contributed by atoms with van der Waals surface area (Å²) in [6.07, 6.45) is 5.12. The quantitative estimate of drug-likeness (QED) is 0.871. The Kier molecular flexibility index (Phi) is 5.56. The molecule has 1 atom stereocenters. The molecule has 0 aromatic carbocycles. The summed E-state index contributed by atoms with van der Waals surface area (Å²) >= 11 is 0. The number of rotatable bonds is 6. The van der Waals surface area contributed by atoms with E-state index in [0.29, 0.717) is 17.4 Å². The minimum atomic E-state index is 0.0435. The molecule has 1 unspecified atom stereocenters. The van der Waals surface area contributed by atoms with E-state index in [1.54, 1.807) is 6.20 Å². The van der Waals surface area contributed by atoms with Crippen LogP contribution in [-0.2, 0) is 0 Å². The first-order chi connectivity index (χ1) is 10.1. The zero-order valence-corrected chi connectivity index (χ0v) is 13.3. The molecule has 1 aromatic rings. The minimum Gasteiger partial charge on any atom is -0.369 e. The van der Waals surface area contributed by atoms with Gasteiger partial charge in [-0.3, -0.25) is 4.79 Å². The van der Waals surface area contributed by atoms with Crippen molar-refractivity contribution in [3.8, 4) is 0 Å². The normalized spacial score (nSPS) is 18.7. The average molecular weight is 290 g/mol. The smallest absolute Gasteiger partial charge is 0.257 e. The SMILES string of the molecule is CCCNc1ncccc1C(=O)N(C)CC1CCCN1C. The molecule has 0 saturated carbocycles. The Labute approximate surface area is 127 Å². The summed E-state index contributed by atoms with van der Waals surface area (Å²) in [7, 11) is 4.01. The monoisotopic (exact) mass is 290 g/mol. The molecular weight excluding hydrogens is 264 g/mol. The van der Waals surface area contributed by atoms with E-state index in [-0.39, 0.29) is 5.91 Å². The summed E-state index contributed by atoms with van der Waals surface area (Å²) in [5.74, 6) is 0.734. The predicted octanol–water partition coefficient (Wildman–Crippen LogP) is 2.07. The van der Waals surface area contributed by atoms with Crippen LogP contribution >= 0.6 is 0 Å². The Morgan fingerprint density at radius 3 is 3.05 bits per heavy atom. The van der Waals surface area contributed by atoms with E-state index in [9.17, 15) is 4.79 Å². The van der Waals surface area contributed by atoms with Crippen LogP contribution in [0.4, 0.5) is 5.82 Å². The van der Waals surface area contributed by atoms with Crippen LogP contribution in [-0.4, -0.2) is 60.5 Å². The lowest BCUT2D eigenvalue weighted by Crippen LogP contribution is -2.39. The Hall–Kier alpha value is -1.62. The molecule has 1 aliphatic heterocycles. The number of hydrogen-bond donors (Lipinski definition) is 1. The first kappa shape index (κ1) is 15.8. The lowest BCUT2D eigenvalue weighted by atomic mass is 10.2. The third kappa shape index (κ3) is 3.94. The second-order valence-corrected chi connectivity index (χ2v) is 5.79. The third-order valence-electron chi connectivity index (χ3n) is 4.08. The summed E-state index contributed by atoms with van der Waals surface area (Å²) in [5, 5.41) is 3.23. The van der Waals surface area contributed by atoms with Gasteiger partial charge in [0.15, 0.2) is 0 Å². The second-order valence-electron chi connectivity index (χ2n) is 5.79. The van der Waals surface area contributed by atoms with Gasteiger partial charge in [0.05, 0.1) is 5.56 Å². The highest BCUT2D eigenvalue weighted by molar-refractivity contribution is 5.98. The first-order valence-corrected chi connectivity index (χ1v) is 7.78. The van der Waals surface area contributed by atoms with Crippen LogP contribution in [0.25, 0.3) is 0 Å². The third-order valence-corrected chi connectivity index (χ3v) is 4.08. The molecule has 1 saturated heterocycles. The van der Waals surface area contributed by atoms with Crippen LogP contribution in [0.5, 0.6) is 0 Å². The van der Waals surface area contributed by atoms with Gasteiger partial charge < -0.3 is 15.1 Å². The van der Waals surface area contributed by atoms with Crippen molar-refractivity contribution in [2.75, 3.05) is 39.0 Å². The standard InChI is InChI=1S/C16H26N4O/c1-4-9-17-15-14(8-5-10-18-15)16(21)20(3)12-13-7-6-11-19(13)2/h5,8,10,13H,4,6-7,9,11-12H2,1-3H3,(H,17,18). The number of pyridine rings is 1. The fraction of sp³-hybridized carbons (Fsp3) is 0.625. The van der Waals surface area contributed by atoms with Crippen molar-refractivity contribution in [2.45, 2.75) is 32.2 Å². The maximum atomic E-state index is 12.7. The highest BCUT2D eigenvalue weighted by Gasteiger charge is 2.25. The second kappa shape index (κ2) is 7.41. The summed E-state index contributed by atoms with van der Waals surface area (Å²) in [4.78, 5) is 21.1. The van der Waals surface area contributed by atoms with Gasteiger partial charge in [0.25, 0.3) is 5.91 Å². The molecular formula is C16H26N4O. The Balaban J connectivity index is 2.04. The van der Waals surface area contributed by atoms with Crippen molar-refractivity contribution in [1.82, 2.24) is 14.8 Å². The summed E-state index contributed by atoms with van der Waals surface area (Å²) < 4.78 is 0. The maximum absolute atomic E-state index is 12.7. The molecule has 0 radical (unpaired) electrons. The number of likely N-dealkylation sites (N-methyl/N-ethyl adjacent to an activating group) is 2.